The van der Waals surface area contributed by atoms with E-state index in [2.05, 4.69) is 10.3 Å². The topological polar surface area (TPSA) is 54.6 Å². The Hall–Kier alpha value is -2.34. The summed E-state index contributed by atoms with van der Waals surface area (Å²) in [5, 5.41) is 3.13. The highest BCUT2D eigenvalue weighted by Crippen LogP contribution is 2.26. The van der Waals surface area contributed by atoms with Gasteiger partial charge in [0.25, 0.3) is 5.91 Å². The van der Waals surface area contributed by atoms with Crippen LogP contribution in [0.5, 0.6) is 0 Å². The van der Waals surface area contributed by atoms with E-state index < -0.39 is 0 Å². The molecule has 0 radical (unpaired) electrons. The number of carbonyl (C=O) groups is 1. The van der Waals surface area contributed by atoms with Crippen LogP contribution in [0.4, 0.5) is 4.39 Å². The molecule has 1 N–H and O–H groups in total. The van der Waals surface area contributed by atoms with Crippen molar-refractivity contribution >= 4 is 28.9 Å². The van der Waals surface area contributed by atoms with Crippen LogP contribution in [0.2, 0.25) is 0 Å². The van der Waals surface area contributed by atoms with E-state index in [-0.39, 0.29) is 11.7 Å². The molecule has 0 saturated carbocycles. The number of rotatable bonds is 3. The molecule has 2 heterocycles. The van der Waals surface area contributed by atoms with Crippen LogP contribution in [-0.2, 0) is 11.3 Å². The average molecular weight is 302 g/mol. The van der Waals surface area contributed by atoms with Gasteiger partial charge in [0.1, 0.15) is 11.6 Å². The number of hydrogen-bond acceptors (Lipinski definition) is 4. The molecule has 1 aromatic heterocycles. The largest absolute Gasteiger partial charge is 0.467 e. The van der Waals surface area contributed by atoms with Crippen molar-refractivity contribution in [3.8, 4) is 0 Å². The Morgan fingerprint density at radius 3 is 2.90 bits per heavy atom. The number of nitrogens with zero attached hydrogens (tertiary/aromatic N) is 1. The van der Waals surface area contributed by atoms with Gasteiger partial charge >= 0.3 is 0 Å². The highest BCUT2D eigenvalue weighted by atomic mass is 32.2. The molecule has 1 aliphatic rings. The molecule has 0 bridgehead atoms. The maximum Gasteiger partial charge on any atom is 0.264 e. The van der Waals surface area contributed by atoms with Crippen molar-refractivity contribution in [3.05, 3.63) is 64.7 Å². The third kappa shape index (κ3) is 3.22. The van der Waals surface area contributed by atoms with Crippen LogP contribution in [-0.4, -0.2) is 11.1 Å². The standard InChI is InChI=1S/C15H11FN2O2S/c16-12-6-2-1-4-10(12)8-13-14(19)18-15(21-13)17-9-11-5-3-7-20-11/h1-8H,9H2,(H,17,18,19)/b13-8-. The number of halogens is 1. The number of benzene rings is 1. The van der Waals surface area contributed by atoms with Gasteiger partial charge in [-0.15, -0.1) is 0 Å². The van der Waals surface area contributed by atoms with E-state index >= 15 is 0 Å². The maximum atomic E-state index is 13.6. The summed E-state index contributed by atoms with van der Waals surface area (Å²) < 4.78 is 18.7. The number of amidine groups is 1. The number of furan rings is 1. The molecule has 1 amide bonds. The number of aliphatic imine (C=N–C) groups is 1. The van der Waals surface area contributed by atoms with Crippen LogP contribution in [0.15, 0.2) is 57.0 Å². The third-order valence-electron chi connectivity index (χ3n) is 2.80. The normalized spacial score (nSPS) is 18.4. The van der Waals surface area contributed by atoms with Gasteiger partial charge < -0.3 is 9.73 Å². The monoisotopic (exact) mass is 302 g/mol. The van der Waals surface area contributed by atoms with Gasteiger partial charge in [0.2, 0.25) is 0 Å². The SMILES string of the molecule is O=C1NC(=NCc2ccco2)S/C1=C\c1ccccc1F. The summed E-state index contributed by atoms with van der Waals surface area (Å²) in [6.07, 6.45) is 3.09. The van der Waals surface area contributed by atoms with Crippen LogP contribution < -0.4 is 5.32 Å². The van der Waals surface area contributed by atoms with Gasteiger partial charge in [0, 0.05) is 5.56 Å². The summed E-state index contributed by atoms with van der Waals surface area (Å²) in [6.45, 7) is 0.350. The fraction of sp³-hybridized carbons (Fsp3) is 0.0667. The number of thioether (sulfide) groups is 1. The molecule has 1 aromatic carbocycles. The second kappa shape index (κ2) is 5.97. The van der Waals surface area contributed by atoms with Crippen molar-refractivity contribution in [2.24, 2.45) is 4.99 Å². The van der Waals surface area contributed by atoms with Crippen molar-refractivity contribution < 1.29 is 13.6 Å². The van der Waals surface area contributed by atoms with Crippen molar-refractivity contribution in [2.45, 2.75) is 6.54 Å². The first-order chi connectivity index (χ1) is 10.2. The lowest BCUT2D eigenvalue weighted by molar-refractivity contribution is -0.115. The van der Waals surface area contributed by atoms with Crippen molar-refractivity contribution in [2.75, 3.05) is 0 Å². The lowest BCUT2D eigenvalue weighted by Crippen LogP contribution is -2.19. The lowest BCUT2D eigenvalue weighted by atomic mass is 10.2. The Morgan fingerprint density at radius 1 is 1.29 bits per heavy atom. The molecule has 4 nitrogen and oxygen atoms in total. The van der Waals surface area contributed by atoms with Gasteiger partial charge in [-0.05, 0) is 36.0 Å². The number of carbonyl (C=O) groups excluding carboxylic acids is 1. The molecule has 0 atom stereocenters. The molecule has 1 saturated heterocycles. The van der Waals surface area contributed by atoms with E-state index in [1.54, 1.807) is 30.5 Å². The summed E-state index contributed by atoms with van der Waals surface area (Å²) in [4.78, 5) is 16.5. The Balaban J connectivity index is 1.76. The minimum atomic E-state index is -0.362. The second-order valence-corrected chi connectivity index (χ2v) is 5.32. The number of amides is 1. The van der Waals surface area contributed by atoms with Gasteiger partial charge in [-0.3, -0.25) is 9.79 Å². The Bertz CT molecular complexity index is 723. The summed E-state index contributed by atoms with van der Waals surface area (Å²) in [6, 6.07) is 9.89. The molecule has 0 spiro atoms. The van der Waals surface area contributed by atoms with Gasteiger partial charge in [-0.1, -0.05) is 18.2 Å². The van der Waals surface area contributed by atoms with E-state index in [4.69, 9.17) is 4.42 Å². The Labute approximate surface area is 124 Å². The van der Waals surface area contributed by atoms with Crippen molar-refractivity contribution in [1.82, 2.24) is 5.32 Å². The van der Waals surface area contributed by atoms with Crippen LogP contribution in [0.3, 0.4) is 0 Å². The molecule has 2 aromatic rings. The predicted molar refractivity (Wildman–Crippen MR) is 80.0 cm³/mol. The van der Waals surface area contributed by atoms with Crippen molar-refractivity contribution in [1.29, 1.82) is 0 Å². The van der Waals surface area contributed by atoms with Crippen LogP contribution in [0.1, 0.15) is 11.3 Å². The van der Waals surface area contributed by atoms with E-state index in [0.717, 1.165) is 0 Å². The average Bonchev–Trinajstić information content (AvgIpc) is 3.10. The molecule has 3 rings (SSSR count). The molecule has 21 heavy (non-hydrogen) atoms. The predicted octanol–water partition coefficient (Wildman–Crippen LogP) is 3.18. The van der Waals surface area contributed by atoms with Gasteiger partial charge in [0.05, 0.1) is 17.7 Å². The van der Waals surface area contributed by atoms with E-state index in [1.807, 2.05) is 6.07 Å². The minimum Gasteiger partial charge on any atom is -0.467 e. The number of hydrogen-bond donors (Lipinski definition) is 1. The lowest BCUT2D eigenvalue weighted by Gasteiger charge is -1.96. The third-order valence-corrected chi connectivity index (χ3v) is 3.75. The smallest absolute Gasteiger partial charge is 0.264 e. The molecular formula is C15H11FN2O2S. The fourth-order valence-electron chi connectivity index (χ4n) is 1.79. The maximum absolute atomic E-state index is 13.6. The zero-order chi connectivity index (χ0) is 14.7. The zero-order valence-corrected chi connectivity index (χ0v) is 11.7. The fourth-order valence-corrected chi connectivity index (χ4v) is 2.60. The molecule has 0 unspecified atom stereocenters. The minimum absolute atomic E-state index is 0.276. The second-order valence-electron chi connectivity index (χ2n) is 4.29. The zero-order valence-electron chi connectivity index (χ0n) is 10.9. The molecular weight excluding hydrogens is 291 g/mol. The summed E-state index contributed by atoms with van der Waals surface area (Å²) in [7, 11) is 0. The number of nitrogens with one attached hydrogen (secondary N) is 1. The molecule has 0 aliphatic carbocycles. The highest BCUT2D eigenvalue weighted by molar-refractivity contribution is 8.18. The van der Waals surface area contributed by atoms with Gasteiger partial charge in [0.15, 0.2) is 5.17 Å². The first kappa shape index (κ1) is 13.6. The van der Waals surface area contributed by atoms with E-state index in [1.165, 1.54) is 23.9 Å². The Morgan fingerprint density at radius 2 is 2.14 bits per heavy atom. The highest BCUT2D eigenvalue weighted by Gasteiger charge is 2.23. The Kier molecular flexibility index (Phi) is 3.87. The van der Waals surface area contributed by atoms with Crippen LogP contribution in [0.25, 0.3) is 6.08 Å². The van der Waals surface area contributed by atoms with Crippen LogP contribution in [0, 0.1) is 5.82 Å². The van der Waals surface area contributed by atoms with Gasteiger partial charge in [-0.2, -0.15) is 0 Å². The molecule has 1 aliphatic heterocycles. The summed E-state index contributed by atoms with van der Waals surface area (Å²) in [5.41, 5.74) is 0.377. The van der Waals surface area contributed by atoms with E-state index in [9.17, 15) is 9.18 Å². The van der Waals surface area contributed by atoms with E-state index in [0.29, 0.717) is 27.9 Å². The molecule has 1 fully saturated rings. The summed E-state index contributed by atoms with van der Waals surface area (Å²) in [5.74, 6) is 0.0738. The van der Waals surface area contributed by atoms with Crippen LogP contribution >= 0.6 is 11.8 Å². The van der Waals surface area contributed by atoms with Crippen molar-refractivity contribution in [3.63, 3.8) is 0 Å². The quantitative estimate of drug-likeness (QED) is 0.886. The van der Waals surface area contributed by atoms with Gasteiger partial charge in [-0.25, -0.2) is 4.39 Å². The first-order valence-corrected chi connectivity index (χ1v) is 7.06. The summed E-state index contributed by atoms with van der Waals surface area (Å²) >= 11 is 1.19. The molecule has 6 heteroatoms. The molecule has 106 valence electrons. The first-order valence-electron chi connectivity index (χ1n) is 6.24.